The van der Waals surface area contributed by atoms with Gasteiger partial charge in [0.2, 0.25) is 0 Å². The Balaban J connectivity index is 1.38. The van der Waals surface area contributed by atoms with Gasteiger partial charge in [-0.3, -0.25) is 4.79 Å². The van der Waals surface area contributed by atoms with Crippen molar-refractivity contribution < 1.29 is 4.79 Å². The van der Waals surface area contributed by atoms with Gasteiger partial charge in [-0.1, -0.05) is 6.42 Å². The van der Waals surface area contributed by atoms with Crippen molar-refractivity contribution in [1.29, 1.82) is 0 Å². The summed E-state index contributed by atoms with van der Waals surface area (Å²) in [7, 11) is 0. The molecular formula is C18H21N5OS2. The Morgan fingerprint density at radius 2 is 2.23 bits per heavy atom. The van der Waals surface area contributed by atoms with Crippen LogP contribution in [0.25, 0.3) is 10.6 Å². The molecule has 4 rings (SSSR count). The van der Waals surface area contributed by atoms with Crippen LogP contribution in [0.2, 0.25) is 0 Å². The number of carbonyl (C=O) groups is 1. The topological polar surface area (TPSA) is 72.7 Å². The van der Waals surface area contributed by atoms with Crippen molar-refractivity contribution in [2.24, 2.45) is 0 Å². The Morgan fingerprint density at radius 1 is 1.31 bits per heavy atom. The van der Waals surface area contributed by atoms with Crippen LogP contribution in [0.15, 0.2) is 16.8 Å². The molecule has 26 heavy (non-hydrogen) atoms. The highest BCUT2D eigenvalue weighted by molar-refractivity contribution is 7.17. The highest BCUT2D eigenvalue weighted by atomic mass is 32.1. The predicted octanol–water partition coefficient (Wildman–Crippen LogP) is 3.47. The monoisotopic (exact) mass is 387 g/mol. The molecule has 0 bridgehead atoms. The summed E-state index contributed by atoms with van der Waals surface area (Å²) in [5.74, 6) is 2.00. The van der Waals surface area contributed by atoms with Gasteiger partial charge >= 0.3 is 0 Å². The smallest absolute Gasteiger partial charge is 0.263 e. The summed E-state index contributed by atoms with van der Waals surface area (Å²) in [4.78, 5) is 17.8. The van der Waals surface area contributed by atoms with E-state index in [0.717, 1.165) is 40.9 Å². The maximum atomic E-state index is 12.5. The highest BCUT2D eigenvalue weighted by Gasteiger charge is 2.18. The number of carbonyl (C=O) groups excluding carboxylic acids is 1. The lowest BCUT2D eigenvalue weighted by atomic mass is 10.2. The average molecular weight is 388 g/mol. The van der Waals surface area contributed by atoms with Crippen molar-refractivity contribution in [2.45, 2.75) is 45.6 Å². The first-order valence-corrected chi connectivity index (χ1v) is 10.7. The van der Waals surface area contributed by atoms with Crippen LogP contribution in [0, 0.1) is 6.92 Å². The third-order valence-corrected chi connectivity index (χ3v) is 6.48. The lowest BCUT2D eigenvalue weighted by Crippen LogP contribution is -2.26. The lowest BCUT2D eigenvalue weighted by Gasteiger charge is -2.07. The number of aromatic nitrogens is 4. The maximum absolute atomic E-state index is 12.5. The predicted molar refractivity (Wildman–Crippen MR) is 104 cm³/mol. The first kappa shape index (κ1) is 17.4. The summed E-state index contributed by atoms with van der Waals surface area (Å²) in [5.41, 5.74) is 1.86. The molecule has 0 saturated carbocycles. The molecule has 136 valence electrons. The molecule has 1 aliphatic rings. The summed E-state index contributed by atoms with van der Waals surface area (Å²) < 4.78 is 2.23. The summed E-state index contributed by atoms with van der Waals surface area (Å²) in [6.45, 7) is 3.44. The van der Waals surface area contributed by atoms with Gasteiger partial charge in [-0.2, -0.15) is 11.3 Å². The first-order valence-electron chi connectivity index (χ1n) is 8.91. The van der Waals surface area contributed by atoms with Crippen LogP contribution in [0.4, 0.5) is 0 Å². The van der Waals surface area contributed by atoms with E-state index < -0.39 is 0 Å². The number of rotatable bonds is 5. The fraction of sp³-hybridized carbons (Fsp3) is 0.444. The van der Waals surface area contributed by atoms with Crippen LogP contribution in [0.1, 0.15) is 46.3 Å². The number of nitrogens with zero attached hydrogens (tertiary/aromatic N) is 4. The van der Waals surface area contributed by atoms with E-state index in [1.54, 1.807) is 11.3 Å². The molecule has 1 aliphatic heterocycles. The van der Waals surface area contributed by atoms with E-state index in [1.165, 1.54) is 30.6 Å². The molecule has 0 radical (unpaired) electrons. The minimum atomic E-state index is -0.0583. The Morgan fingerprint density at radius 3 is 3.08 bits per heavy atom. The second-order valence-electron chi connectivity index (χ2n) is 6.45. The van der Waals surface area contributed by atoms with Gasteiger partial charge in [0.05, 0.1) is 5.69 Å². The van der Waals surface area contributed by atoms with Crippen molar-refractivity contribution >= 4 is 28.6 Å². The van der Waals surface area contributed by atoms with Crippen molar-refractivity contribution in [3.05, 3.63) is 39.0 Å². The zero-order valence-electron chi connectivity index (χ0n) is 14.7. The van der Waals surface area contributed by atoms with Crippen LogP contribution in [-0.2, 0) is 19.4 Å². The van der Waals surface area contributed by atoms with E-state index in [4.69, 9.17) is 0 Å². The molecule has 0 spiro atoms. The van der Waals surface area contributed by atoms with E-state index >= 15 is 0 Å². The van der Waals surface area contributed by atoms with Crippen molar-refractivity contribution in [2.75, 3.05) is 6.54 Å². The molecule has 0 aromatic carbocycles. The number of nitrogens with one attached hydrogen (secondary N) is 1. The highest BCUT2D eigenvalue weighted by Crippen LogP contribution is 2.29. The molecule has 0 unspecified atom stereocenters. The number of hydrogen-bond acceptors (Lipinski definition) is 6. The molecule has 3 aromatic heterocycles. The molecule has 0 atom stereocenters. The fourth-order valence-corrected chi connectivity index (χ4v) is 4.91. The van der Waals surface area contributed by atoms with Gasteiger partial charge in [0.1, 0.15) is 21.5 Å². The van der Waals surface area contributed by atoms with Crippen LogP contribution < -0.4 is 5.32 Å². The van der Waals surface area contributed by atoms with Crippen LogP contribution in [0.5, 0.6) is 0 Å². The van der Waals surface area contributed by atoms with Crippen molar-refractivity contribution in [1.82, 2.24) is 25.1 Å². The number of amides is 1. The molecule has 1 amide bonds. The Labute approximate surface area is 160 Å². The van der Waals surface area contributed by atoms with Gasteiger partial charge in [0.15, 0.2) is 0 Å². The van der Waals surface area contributed by atoms with Gasteiger partial charge < -0.3 is 9.88 Å². The van der Waals surface area contributed by atoms with Gasteiger partial charge in [0.25, 0.3) is 5.91 Å². The van der Waals surface area contributed by atoms with Gasteiger partial charge in [0, 0.05) is 36.9 Å². The Bertz CT molecular complexity index is 897. The molecule has 0 saturated heterocycles. The largest absolute Gasteiger partial charge is 0.351 e. The summed E-state index contributed by atoms with van der Waals surface area (Å²) >= 11 is 3.08. The number of fused-ring (bicyclic) bond motifs is 1. The summed E-state index contributed by atoms with van der Waals surface area (Å²) in [6, 6.07) is 2.03. The fourth-order valence-electron chi connectivity index (χ4n) is 3.22. The summed E-state index contributed by atoms with van der Waals surface area (Å²) in [5, 5.41) is 16.6. The SMILES string of the molecule is Cc1nc(-c2ccsc2)sc1C(=O)NCCc1nnc2n1CCCCC2. The lowest BCUT2D eigenvalue weighted by molar-refractivity contribution is 0.0957. The zero-order chi connectivity index (χ0) is 17.9. The quantitative estimate of drug-likeness (QED) is 0.727. The van der Waals surface area contributed by atoms with Crippen molar-refractivity contribution in [3.8, 4) is 10.6 Å². The second-order valence-corrected chi connectivity index (χ2v) is 8.23. The van der Waals surface area contributed by atoms with Gasteiger partial charge in [-0.15, -0.1) is 21.5 Å². The van der Waals surface area contributed by atoms with E-state index in [9.17, 15) is 4.79 Å². The molecular weight excluding hydrogens is 366 g/mol. The second kappa shape index (κ2) is 7.67. The minimum absolute atomic E-state index is 0.0583. The van der Waals surface area contributed by atoms with Crippen LogP contribution >= 0.6 is 22.7 Å². The number of thiazole rings is 1. The molecule has 4 heterocycles. The van der Waals surface area contributed by atoms with Crippen molar-refractivity contribution in [3.63, 3.8) is 0 Å². The first-order chi connectivity index (χ1) is 12.7. The van der Waals surface area contributed by atoms with E-state index in [2.05, 4.69) is 30.4 Å². The number of aryl methyl sites for hydroxylation is 2. The normalized spacial score (nSPS) is 14.0. The molecule has 0 aliphatic carbocycles. The standard InChI is InChI=1S/C18H21N5OS2/c1-12-16(26-18(20-12)13-7-10-25-11-13)17(24)19-8-6-15-22-21-14-5-3-2-4-9-23(14)15/h7,10-11H,2-6,8-9H2,1H3,(H,19,24). The third kappa shape index (κ3) is 3.57. The molecule has 1 N–H and O–H groups in total. The Kier molecular flexibility index (Phi) is 5.12. The van der Waals surface area contributed by atoms with E-state index in [-0.39, 0.29) is 5.91 Å². The van der Waals surface area contributed by atoms with Gasteiger partial charge in [-0.25, -0.2) is 4.98 Å². The number of hydrogen-bond donors (Lipinski definition) is 1. The molecule has 0 fully saturated rings. The van der Waals surface area contributed by atoms with Crippen LogP contribution in [0.3, 0.4) is 0 Å². The summed E-state index contributed by atoms with van der Waals surface area (Å²) in [6.07, 6.45) is 5.32. The van der Waals surface area contributed by atoms with Gasteiger partial charge in [-0.05, 0) is 31.2 Å². The van der Waals surface area contributed by atoms with E-state index in [1.807, 2.05) is 18.4 Å². The van der Waals surface area contributed by atoms with Crippen LogP contribution in [-0.4, -0.2) is 32.2 Å². The molecule has 8 heteroatoms. The van der Waals surface area contributed by atoms with E-state index in [0.29, 0.717) is 17.8 Å². The zero-order valence-corrected chi connectivity index (χ0v) is 16.3. The Hall–Kier alpha value is -2.06. The molecule has 6 nitrogen and oxygen atoms in total. The maximum Gasteiger partial charge on any atom is 0.263 e. The third-order valence-electron chi connectivity index (χ3n) is 4.59. The average Bonchev–Trinajstić information content (AvgIpc) is 3.33. The molecule has 3 aromatic rings. The minimum Gasteiger partial charge on any atom is -0.351 e. The number of thiophene rings is 1.